The summed E-state index contributed by atoms with van der Waals surface area (Å²) in [7, 11) is -3.81. The SMILES string of the molecule is Cc1ccc(S(=O)(=O)n2cc(/C(N)=C(/N)C#N)c3ccccc32)cc1. The van der Waals surface area contributed by atoms with Crippen LogP contribution in [-0.4, -0.2) is 12.4 Å². The van der Waals surface area contributed by atoms with Gasteiger partial charge in [-0.1, -0.05) is 35.9 Å². The Bertz CT molecular complexity index is 1130. The Kier molecular flexibility index (Phi) is 3.99. The van der Waals surface area contributed by atoms with Crippen LogP contribution < -0.4 is 11.5 Å². The largest absolute Gasteiger partial charge is 0.396 e. The fourth-order valence-electron chi connectivity index (χ4n) is 2.59. The molecular weight excluding hydrogens is 336 g/mol. The number of aryl methyl sites for hydroxylation is 1. The lowest BCUT2D eigenvalue weighted by atomic mass is 10.1. The molecule has 0 aliphatic heterocycles. The lowest BCUT2D eigenvalue weighted by Crippen LogP contribution is -2.12. The Hall–Kier alpha value is -3.24. The zero-order valence-corrected chi connectivity index (χ0v) is 14.3. The van der Waals surface area contributed by atoms with E-state index in [1.54, 1.807) is 54.6 Å². The molecule has 0 fully saturated rings. The van der Waals surface area contributed by atoms with Crippen LogP contribution in [0.1, 0.15) is 11.1 Å². The minimum absolute atomic E-state index is 0.0524. The van der Waals surface area contributed by atoms with E-state index in [1.165, 1.54) is 10.2 Å². The first-order chi connectivity index (χ1) is 11.9. The van der Waals surface area contributed by atoms with E-state index in [9.17, 15) is 8.42 Å². The van der Waals surface area contributed by atoms with Crippen LogP contribution in [0.4, 0.5) is 0 Å². The third-order valence-electron chi connectivity index (χ3n) is 3.96. The van der Waals surface area contributed by atoms with Gasteiger partial charge in [0.1, 0.15) is 11.8 Å². The van der Waals surface area contributed by atoms with Crippen molar-refractivity contribution in [2.24, 2.45) is 11.5 Å². The second-order valence-electron chi connectivity index (χ2n) is 5.61. The Balaban J connectivity index is 2.32. The second kappa shape index (κ2) is 6.00. The normalized spacial score (nSPS) is 12.6. The number of nitrogens with two attached hydrogens (primary N) is 2. The smallest absolute Gasteiger partial charge is 0.268 e. The van der Waals surface area contributed by atoms with Crippen LogP contribution in [0.15, 0.2) is 65.3 Å². The number of rotatable bonds is 3. The molecule has 126 valence electrons. The van der Waals surface area contributed by atoms with Crippen LogP contribution in [0.5, 0.6) is 0 Å². The van der Waals surface area contributed by atoms with Crippen molar-refractivity contribution < 1.29 is 8.42 Å². The van der Waals surface area contributed by atoms with Gasteiger partial charge < -0.3 is 11.5 Å². The quantitative estimate of drug-likeness (QED) is 0.702. The topological polar surface area (TPSA) is 115 Å². The number of nitrogens with zero attached hydrogens (tertiary/aromatic N) is 2. The molecule has 0 radical (unpaired) electrons. The maximum atomic E-state index is 13.0. The molecule has 0 spiro atoms. The van der Waals surface area contributed by atoms with Crippen molar-refractivity contribution in [1.29, 1.82) is 5.26 Å². The van der Waals surface area contributed by atoms with Crippen LogP contribution in [0.2, 0.25) is 0 Å². The molecule has 3 aromatic rings. The third-order valence-corrected chi connectivity index (χ3v) is 5.64. The number of hydrogen-bond donors (Lipinski definition) is 2. The van der Waals surface area contributed by atoms with Crippen molar-refractivity contribution >= 4 is 26.6 Å². The van der Waals surface area contributed by atoms with Gasteiger partial charge in [0, 0.05) is 17.1 Å². The highest BCUT2D eigenvalue weighted by molar-refractivity contribution is 7.90. The number of hydrogen-bond acceptors (Lipinski definition) is 5. The number of benzene rings is 2. The van der Waals surface area contributed by atoms with Gasteiger partial charge in [0.05, 0.1) is 16.1 Å². The minimum atomic E-state index is -3.81. The predicted molar refractivity (Wildman–Crippen MR) is 96.6 cm³/mol. The van der Waals surface area contributed by atoms with Gasteiger partial charge in [0.25, 0.3) is 10.0 Å². The number of aromatic nitrogens is 1. The lowest BCUT2D eigenvalue weighted by Gasteiger charge is -2.07. The highest BCUT2D eigenvalue weighted by Gasteiger charge is 2.22. The Morgan fingerprint density at radius 2 is 1.72 bits per heavy atom. The molecule has 0 unspecified atom stereocenters. The zero-order valence-electron chi connectivity index (χ0n) is 13.5. The first-order valence-electron chi connectivity index (χ1n) is 7.44. The molecule has 3 rings (SSSR count). The summed E-state index contributed by atoms with van der Waals surface area (Å²) in [6.07, 6.45) is 1.40. The van der Waals surface area contributed by atoms with Gasteiger partial charge >= 0.3 is 0 Å². The van der Waals surface area contributed by atoms with Gasteiger partial charge in [-0.25, -0.2) is 12.4 Å². The summed E-state index contributed by atoms with van der Waals surface area (Å²) in [4.78, 5) is 0.168. The molecule has 7 heteroatoms. The van der Waals surface area contributed by atoms with Crippen molar-refractivity contribution in [2.75, 3.05) is 0 Å². The van der Waals surface area contributed by atoms with Crippen molar-refractivity contribution in [2.45, 2.75) is 11.8 Å². The molecule has 0 aliphatic rings. The summed E-state index contributed by atoms with van der Waals surface area (Å²) >= 11 is 0. The molecular formula is C18H16N4O2S. The summed E-state index contributed by atoms with van der Waals surface area (Å²) in [5.74, 6) is 0. The van der Waals surface area contributed by atoms with Crippen LogP contribution in [0, 0.1) is 18.3 Å². The molecule has 0 bridgehead atoms. The van der Waals surface area contributed by atoms with Gasteiger partial charge in [-0.2, -0.15) is 5.26 Å². The average molecular weight is 352 g/mol. The molecule has 0 aliphatic carbocycles. The molecule has 2 aromatic carbocycles. The molecule has 0 saturated carbocycles. The van der Waals surface area contributed by atoms with Crippen molar-refractivity contribution in [1.82, 2.24) is 3.97 Å². The van der Waals surface area contributed by atoms with E-state index < -0.39 is 10.0 Å². The van der Waals surface area contributed by atoms with E-state index in [-0.39, 0.29) is 16.3 Å². The number of nitriles is 1. The zero-order chi connectivity index (χ0) is 18.2. The van der Waals surface area contributed by atoms with Crippen molar-refractivity contribution in [3.8, 4) is 6.07 Å². The van der Waals surface area contributed by atoms with Crippen LogP contribution in [-0.2, 0) is 10.0 Å². The first kappa shape index (κ1) is 16.6. The second-order valence-corrected chi connectivity index (χ2v) is 7.43. The van der Waals surface area contributed by atoms with Gasteiger partial charge in [-0.15, -0.1) is 0 Å². The molecule has 0 amide bonds. The maximum absolute atomic E-state index is 13.0. The van der Waals surface area contributed by atoms with Gasteiger partial charge in [0.2, 0.25) is 0 Å². The van der Waals surface area contributed by atoms with E-state index in [0.717, 1.165) is 5.56 Å². The van der Waals surface area contributed by atoms with E-state index in [0.29, 0.717) is 16.5 Å². The Morgan fingerprint density at radius 1 is 1.08 bits per heavy atom. The van der Waals surface area contributed by atoms with E-state index in [4.69, 9.17) is 16.7 Å². The Labute approximate surface area is 145 Å². The van der Waals surface area contributed by atoms with E-state index in [1.807, 2.05) is 6.92 Å². The van der Waals surface area contributed by atoms with Crippen LogP contribution in [0.3, 0.4) is 0 Å². The highest BCUT2D eigenvalue weighted by Crippen LogP contribution is 2.29. The monoisotopic (exact) mass is 352 g/mol. The van der Waals surface area contributed by atoms with Crippen molar-refractivity contribution in [3.63, 3.8) is 0 Å². The maximum Gasteiger partial charge on any atom is 0.268 e. The molecule has 0 atom stereocenters. The van der Waals surface area contributed by atoms with Crippen LogP contribution in [0.25, 0.3) is 16.6 Å². The van der Waals surface area contributed by atoms with Gasteiger partial charge in [-0.3, -0.25) is 0 Å². The van der Waals surface area contributed by atoms with Gasteiger partial charge in [-0.05, 0) is 25.1 Å². The lowest BCUT2D eigenvalue weighted by molar-refractivity contribution is 0.589. The summed E-state index contributed by atoms with van der Waals surface area (Å²) in [5, 5.41) is 9.58. The molecule has 1 heterocycles. The predicted octanol–water partition coefficient (Wildman–Crippen LogP) is 2.30. The molecule has 1 aromatic heterocycles. The molecule has 0 saturated heterocycles. The summed E-state index contributed by atoms with van der Waals surface area (Å²) in [6, 6.07) is 15.3. The third kappa shape index (κ3) is 2.73. The first-order valence-corrected chi connectivity index (χ1v) is 8.88. The fourth-order valence-corrected chi connectivity index (χ4v) is 3.96. The van der Waals surface area contributed by atoms with E-state index >= 15 is 0 Å². The molecule has 4 N–H and O–H groups in total. The minimum Gasteiger partial charge on any atom is -0.396 e. The summed E-state index contributed by atoms with van der Waals surface area (Å²) in [6.45, 7) is 1.88. The average Bonchev–Trinajstić information content (AvgIpc) is 3.01. The molecule has 25 heavy (non-hydrogen) atoms. The highest BCUT2D eigenvalue weighted by atomic mass is 32.2. The Morgan fingerprint density at radius 3 is 2.36 bits per heavy atom. The standard InChI is InChI=1S/C18H16N4O2S/c1-12-6-8-13(9-7-12)25(23,24)22-11-15(18(21)16(20)10-19)14-4-2-3-5-17(14)22/h2-9,11H,20-21H2,1H3/b18-16-. The molecule has 6 nitrogen and oxygen atoms in total. The number of para-hydroxylation sites is 1. The number of allylic oxidation sites excluding steroid dienone is 1. The van der Waals surface area contributed by atoms with E-state index in [2.05, 4.69) is 0 Å². The van der Waals surface area contributed by atoms with Crippen LogP contribution >= 0.6 is 0 Å². The summed E-state index contributed by atoms with van der Waals surface area (Å²) in [5.41, 5.74) is 13.3. The fraction of sp³-hybridized carbons (Fsp3) is 0.0556. The van der Waals surface area contributed by atoms with Gasteiger partial charge in [0.15, 0.2) is 0 Å². The summed E-state index contributed by atoms with van der Waals surface area (Å²) < 4.78 is 27.3. The number of fused-ring (bicyclic) bond motifs is 1. The van der Waals surface area contributed by atoms with Crippen molar-refractivity contribution in [3.05, 3.63) is 71.6 Å².